The molecule has 3 aromatic rings. The van der Waals surface area contributed by atoms with E-state index in [0.29, 0.717) is 55.2 Å². The normalized spacial score (nSPS) is 15.7. The van der Waals surface area contributed by atoms with Crippen LogP contribution in [-0.2, 0) is 16.1 Å². The summed E-state index contributed by atoms with van der Waals surface area (Å²) in [5.74, 6) is -0.851. The summed E-state index contributed by atoms with van der Waals surface area (Å²) in [6, 6.07) is 6.73. The number of carbonyl (C=O) groups excluding carboxylic acids is 2. The zero-order valence-electron chi connectivity index (χ0n) is 23.6. The fraction of sp³-hybridized carbons (Fsp3) is 0.452. The Bertz CT molecular complexity index is 1540. The molecule has 0 spiro atoms. The Morgan fingerprint density at radius 2 is 1.88 bits per heavy atom. The third-order valence-corrected chi connectivity index (χ3v) is 8.26. The molecule has 2 heterocycles. The average molecular weight is 584 g/mol. The van der Waals surface area contributed by atoms with Gasteiger partial charge in [0.2, 0.25) is 5.43 Å². The maximum Gasteiger partial charge on any atom is 0.306 e. The van der Waals surface area contributed by atoms with Crippen LogP contribution < -0.4 is 20.4 Å². The van der Waals surface area contributed by atoms with Crippen LogP contribution in [0.4, 0.5) is 10.1 Å². The lowest BCUT2D eigenvalue weighted by Crippen LogP contribution is -2.35. The number of esters is 1. The van der Waals surface area contributed by atoms with Gasteiger partial charge in [-0.15, -0.1) is 0 Å². The maximum atomic E-state index is 15.8. The lowest BCUT2D eigenvalue weighted by Gasteiger charge is -2.34. The Balaban J connectivity index is 1.47. The monoisotopic (exact) mass is 583 g/mol. The van der Waals surface area contributed by atoms with Crippen LogP contribution in [0.1, 0.15) is 66.6 Å². The minimum absolute atomic E-state index is 0.0370. The molecule has 1 N–H and O–H groups in total. The summed E-state index contributed by atoms with van der Waals surface area (Å²) in [5, 5.41) is 3.56. The smallest absolute Gasteiger partial charge is 0.306 e. The molecule has 5 rings (SSSR count). The second-order valence-corrected chi connectivity index (χ2v) is 11.3. The van der Waals surface area contributed by atoms with E-state index in [-0.39, 0.29) is 41.2 Å². The SMILES string of the molecule is CCOC(=O)CC1CCN(c2c(F)cc3c(=O)c(C(=O)NCc4ccc(Cl)cc4C)cn(C4CC4)c3c2OC)CC1. The Hall–Kier alpha value is -3.59. The molecular weight excluding hydrogens is 549 g/mol. The van der Waals surface area contributed by atoms with Gasteiger partial charge in [0, 0.05) is 43.3 Å². The van der Waals surface area contributed by atoms with E-state index in [2.05, 4.69) is 5.32 Å². The van der Waals surface area contributed by atoms with Crippen molar-refractivity contribution in [1.29, 1.82) is 0 Å². The number of hydrogen-bond acceptors (Lipinski definition) is 6. The predicted molar refractivity (Wildman–Crippen MR) is 157 cm³/mol. The van der Waals surface area contributed by atoms with Gasteiger partial charge in [-0.1, -0.05) is 17.7 Å². The van der Waals surface area contributed by atoms with Crippen LogP contribution in [0.2, 0.25) is 5.02 Å². The number of aromatic nitrogens is 1. The number of methoxy groups -OCH3 is 1. The van der Waals surface area contributed by atoms with Gasteiger partial charge >= 0.3 is 5.97 Å². The van der Waals surface area contributed by atoms with Crippen LogP contribution in [0.5, 0.6) is 5.75 Å². The van der Waals surface area contributed by atoms with E-state index in [0.717, 1.165) is 24.0 Å². The van der Waals surface area contributed by atoms with Crippen LogP contribution in [0.3, 0.4) is 0 Å². The highest BCUT2D eigenvalue weighted by Gasteiger charge is 2.32. The zero-order valence-corrected chi connectivity index (χ0v) is 24.4. The van der Waals surface area contributed by atoms with E-state index in [1.54, 1.807) is 19.2 Å². The van der Waals surface area contributed by atoms with Crippen molar-refractivity contribution in [2.24, 2.45) is 5.92 Å². The molecule has 2 aromatic carbocycles. The minimum Gasteiger partial charge on any atom is -0.492 e. The largest absolute Gasteiger partial charge is 0.492 e. The molecule has 8 nitrogen and oxygen atoms in total. The quantitative estimate of drug-likeness (QED) is 0.332. The first kappa shape index (κ1) is 28.9. The van der Waals surface area contributed by atoms with Gasteiger partial charge in [-0.05, 0) is 74.8 Å². The van der Waals surface area contributed by atoms with Crippen LogP contribution in [0.15, 0.2) is 35.3 Å². The first-order chi connectivity index (χ1) is 19.7. The number of amides is 1. The molecule has 0 atom stereocenters. The molecule has 2 fully saturated rings. The van der Waals surface area contributed by atoms with Gasteiger partial charge in [-0.2, -0.15) is 0 Å². The number of fused-ring (bicyclic) bond motifs is 1. The number of hydrogen-bond donors (Lipinski definition) is 1. The fourth-order valence-corrected chi connectivity index (χ4v) is 5.90. The molecule has 218 valence electrons. The number of nitrogens with one attached hydrogen (secondary N) is 1. The van der Waals surface area contributed by atoms with Gasteiger partial charge in [0.15, 0.2) is 11.6 Å². The van der Waals surface area contributed by atoms with E-state index in [4.69, 9.17) is 21.1 Å². The Morgan fingerprint density at radius 1 is 1.15 bits per heavy atom. The number of nitrogens with zero attached hydrogens (tertiary/aromatic N) is 2. The molecule has 0 radical (unpaired) electrons. The first-order valence-corrected chi connectivity index (χ1v) is 14.5. The molecular formula is C31H35ClFN3O5. The number of ether oxygens (including phenoxy) is 2. The van der Waals surface area contributed by atoms with Crippen molar-refractivity contribution >= 4 is 40.1 Å². The Kier molecular flexibility index (Phi) is 8.54. The van der Waals surface area contributed by atoms with E-state index in [1.165, 1.54) is 13.2 Å². The predicted octanol–water partition coefficient (Wildman–Crippen LogP) is 5.55. The average Bonchev–Trinajstić information content (AvgIpc) is 3.78. The third-order valence-electron chi connectivity index (χ3n) is 8.02. The van der Waals surface area contributed by atoms with Crippen molar-refractivity contribution < 1.29 is 23.5 Å². The lowest BCUT2D eigenvalue weighted by atomic mass is 9.93. The number of halogens is 2. The molecule has 10 heteroatoms. The molecule has 0 bridgehead atoms. The summed E-state index contributed by atoms with van der Waals surface area (Å²) in [6.07, 6.45) is 5.13. The highest BCUT2D eigenvalue weighted by atomic mass is 35.5. The number of aryl methyl sites for hydroxylation is 1. The molecule has 1 amide bonds. The third kappa shape index (κ3) is 6.05. The summed E-state index contributed by atoms with van der Waals surface area (Å²) >= 11 is 6.05. The Labute approximate surface area is 243 Å². The van der Waals surface area contributed by atoms with Crippen LogP contribution in [0, 0.1) is 18.7 Å². The first-order valence-electron chi connectivity index (χ1n) is 14.1. The maximum absolute atomic E-state index is 15.8. The lowest BCUT2D eigenvalue weighted by molar-refractivity contribution is -0.144. The number of pyridine rings is 1. The van der Waals surface area contributed by atoms with Crippen molar-refractivity contribution in [3.05, 3.63) is 68.2 Å². The number of carbonyl (C=O) groups is 2. The molecule has 1 aliphatic heterocycles. The van der Waals surface area contributed by atoms with Crippen molar-refractivity contribution in [1.82, 2.24) is 9.88 Å². The Morgan fingerprint density at radius 3 is 2.51 bits per heavy atom. The topological polar surface area (TPSA) is 89.9 Å². The van der Waals surface area contributed by atoms with Gasteiger partial charge in [0.05, 0.1) is 24.6 Å². The summed E-state index contributed by atoms with van der Waals surface area (Å²) in [7, 11) is 1.47. The number of piperidine rings is 1. The molecule has 0 unspecified atom stereocenters. The second kappa shape index (κ2) is 12.1. The second-order valence-electron chi connectivity index (χ2n) is 10.8. The van der Waals surface area contributed by atoms with E-state index < -0.39 is 17.2 Å². The number of benzene rings is 2. The van der Waals surface area contributed by atoms with E-state index in [1.807, 2.05) is 28.5 Å². The highest BCUT2D eigenvalue weighted by Crippen LogP contribution is 2.44. The molecule has 1 saturated heterocycles. The number of rotatable bonds is 9. The van der Waals surface area contributed by atoms with Gasteiger partial charge in [0.1, 0.15) is 11.3 Å². The minimum atomic E-state index is -0.577. The fourth-order valence-electron chi connectivity index (χ4n) is 5.68. The van der Waals surface area contributed by atoms with E-state index in [9.17, 15) is 14.4 Å². The van der Waals surface area contributed by atoms with Gasteiger partial charge < -0.3 is 24.3 Å². The zero-order chi connectivity index (χ0) is 29.3. The molecule has 1 saturated carbocycles. The summed E-state index contributed by atoms with van der Waals surface area (Å²) < 4.78 is 28.6. The van der Waals surface area contributed by atoms with Gasteiger partial charge in [-0.3, -0.25) is 14.4 Å². The number of anilines is 1. The van der Waals surface area contributed by atoms with E-state index >= 15 is 4.39 Å². The molecule has 2 aliphatic rings. The summed E-state index contributed by atoms with van der Waals surface area (Å²) in [4.78, 5) is 40.7. The highest BCUT2D eigenvalue weighted by molar-refractivity contribution is 6.30. The van der Waals surface area contributed by atoms with Gasteiger partial charge in [0.25, 0.3) is 5.91 Å². The molecule has 1 aromatic heterocycles. The van der Waals surface area contributed by atoms with Crippen LogP contribution >= 0.6 is 11.6 Å². The van der Waals surface area contributed by atoms with Crippen molar-refractivity contribution in [3.8, 4) is 5.75 Å². The molecule has 1 aliphatic carbocycles. The van der Waals surface area contributed by atoms with Crippen molar-refractivity contribution in [3.63, 3.8) is 0 Å². The molecule has 41 heavy (non-hydrogen) atoms. The van der Waals surface area contributed by atoms with Gasteiger partial charge in [-0.25, -0.2) is 4.39 Å². The van der Waals surface area contributed by atoms with Crippen molar-refractivity contribution in [2.45, 2.75) is 58.5 Å². The van der Waals surface area contributed by atoms with Crippen molar-refractivity contribution in [2.75, 3.05) is 31.7 Å². The summed E-state index contributed by atoms with van der Waals surface area (Å²) in [6.45, 7) is 5.35. The summed E-state index contributed by atoms with van der Waals surface area (Å²) in [5.41, 5.74) is 2.03. The van der Waals surface area contributed by atoms with Crippen LogP contribution in [-0.4, -0.2) is 43.2 Å². The standard InChI is InChI=1S/C31H35ClFN3O5/c1-4-41-26(37)14-19-9-11-35(12-10-19)28-25(33)15-23-27(30(28)40-3)36(22-7-8-22)17-24(29(23)38)31(39)34-16-20-5-6-21(32)13-18(20)2/h5-6,13,15,17,19,22H,4,7-12,14,16H2,1-3H3,(H,34,39). The van der Waals surface area contributed by atoms with Crippen LogP contribution in [0.25, 0.3) is 10.9 Å².